The first-order valence-electron chi connectivity index (χ1n) is 22.9. The normalized spacial score (nSPS) is 31.7. The minimum atomic E-state index is -0.316. The highest BCUT2D eigenvalue weighted by Crippen LogP contribution is 2.34. The number of hydrogen-bond donors (Lipinski definition) is 0. The number of carbonyl (C=O) groups is 4. The number of carbonyl (C=O) groups excluding carboxylic acids is 4. The molecule has 8 atom stereocenters. The topological polar surface area (TPSA) is 142 Å². The maximum absolute atomic E-state index is 11.0. The van der Waals surface area contributed by atoms with Crippen LogP contribution in [0.3, 0.4) is 0 Å². The van der Waals surface area contributed by atoms with Gasteiger partial charge in [-0.2, -0.15) is 0 Å². The van der Waals surface area contributed by atoms with Crippen molar-refractivity contribution < 1.29 is 57.1 Å². The molecule has 4 heterocycles. The van der Waals surface area contributed by atoms with Crippen molar-refractivity contribution in [2.24, 2.45) is 23.7 Å². The average molecular weight is 857 g/mol. The van der Waals surface area contributed by atoms with Crippen LogP contribution in [0, 0.1) is 23.7 Å². The maximum atomic E-state index is 11.0. The van der Waals surface area contributed by atoms with Crippen molar-refractivity contribution in [2.75, 3.05) is 26.4 Å². The minimum absolute atomic E-state index is 0.192. The molecule has 4 rings (SSSR count). The lowest BCUT2D eigenvalue weighted by atomic mass is 9.88. The van der Waals surface area contributed by atoms with Crippen LogP contribution in [0.1, 0.15) is 188 Å². The maximum Gasteiger partial charge on any atom is 0.303 e. The summed E-state index contributed by atoms with van der Waals surface area (Å²) in [5.74, 6) is 1.71. The summed E-state index contributed by atoms with van der Waals surface area (Å²) in [4.78, 5) is 43.9. The Kier molecular flexibility index (Phi) is 24.5. The van der Waals surface area contributed by atoms with Gasteiger partial charge < -0.3 is 37.9 Å². The van der Waals surface area contributed by atoms with Crippen molar-refractivity contribution in [3.63, 3.8) is 0 Å². The zero-order valence-corrected chi connectivity index (χ0v) is 40.8. The van der Waals surface area contributed by atoms with Crippen LogP contribution in [0.4, 0.5) is 0 Å². The van der Waals surface area contributed by atoms with Gasteiger partial charge >= 0.3 is 23.9 Å². The minimum Gasteiger partial charge on any atom is -0.459 e. The van der Waals surface area contributed by atoms with Gasteiger partial charge in [-0.05, 0) is 77.0 Å². The second-order valence-electron chi connectivity index (χ2n) is 20.5. The van der Waals surface area contributed by atoms with Crippen molar-refractivity contribution in [3.05, 3.63) is 0 Å². The van der Waals surface area contributed by atoms with Gasteiger partial charge in [0.15, 0.2) is 0 Å². The van der Waals surface area contributed by atoms with Crippen molar-refractivity contribution in [1.29, 1.82) is 0 Å². The van der Waals surface area contributed by atoms with Crippen LogP contribution in [-0.4, -0.2) is 97.1 Å². The van der Waals surface area contributed by atoms with Crippen molar-refractivity contribution >= 4 is 23.9 Å². The molecule has 0 aliphatic carbocycles. The van der Waals surface area contributed by atoms with Gasteiger partial charge in [0.25, 0.3) is 0 Å². The molecule has 12 nitrogen and oxygen atoms in total. The van der Waals surface area contributed by atoms with Crippen LogP contribution >= 0.6 is 0 Å². The summed E-state index contributed by atoms with van der Waals surface area (Å²) in [6.07, 6.45) is 11.6. The monoisotopic (exact) mass is 857 g/mol. The summed E-state index contributed by atoms with van der Waals surface area (Å²) < 4.78 is 44.2. The standard InChI is InChI=1S/4C12H22O3/c4*1-9(2)7-11-8-12(4,5-6-14-11)15-10(3)13/h4*9,11H,5-8H2,1-4H3/t2*11-,12+;2*11-,12-/m1010/s1. The van der Waals surface area contributed by atoms with E-state index in [1.807, 2.05) is 27.7 Å². The first-order valence-corrected chi connectivity index (χ1v) is 22.9. The first kappa shape index (κ1) is 55.7. The molecule has 4 aliphatic rings. The number of esters is 4. The Bertz CT molecular complexity index is 1090. The highest BCUT2D eigenvalue weighted by atomic mass is 16.6. The number of rotatable bonds is 12. The lowest BCUT2D eigenvalue weighted by molar-refractivity contribution is -0.171. The molecule has 0 bridgehead atoms. The Balaban J connectivity index is 0.000000400. The van der Waals surface area contributed by atoms with Gasteiger partial charge in [-0.25, -0.2) is 0 Å². The van der Waals surface area contributed by atoms with Gasteiger partial charge in [-0.3, -0.25) is 19.2 Å². The Morgan fingerprint density at radius 1 is 0.400 bits per heavy atom. The summed E-state index contributed by atoms with van der Waals surface area (Å²) in [6.45, 7) is 34.1. The quantitative estimate of drug-likeness (QED) is 0.136. The van der Waals surface area contributed by atoms with Crippen LogP contribution in [0.5, 0.6) is 0 Å². The molecule has 352 valence electrons. The Labute approximate surface area is 364 Å². The third kappa shape index (κ3) is 25.0. The summed E-state index contributed by atoms with van der Waals surface area (Å²) in [6, 6.07) is 0. The molecule has 0 aromatic heterocycles. The Hall–Kier alpha value is -2.28. The van der Waals surface area contributed by atoms with E-state index in [1.54, 1.807) is 0 Å². The van der Waals surface area contributed by atoms with E-state index in [-0.39, 0.29) is 70.7 Å². The van der Waals surface area contributed by atoms with Gasteiger partial charge in [0.2, 0.25) is 0 Å². The van der Waals surface area contributed by atoms with Gasteiger partial charge in [-0.1, -0.05) is 55.4 Å². The van der Waals surface area contributed by atoms with Crippen molar-refractivity contribution in [1.82, 2.24) is 0 Å². The molecule has 0 radical (unpaired) electrons. The average Bonchev–Trinajstić information content (AvgIpc) is 3.02. The Morgan fingerprint density at radius 2 is 0.567 bits per heavy atom. The van der Waals surface area contributed by atoms with Crippen LogP contribution in [0.25, 0.3) is 0 Å². The summed E-state index contributed by atoms with van der Waals surface area (Å²) >= 11 is 0. The highest BCUT2D eigenvalue weighted by molar-refractivity contribution is 5.67. The second-order valence-corrected chi connectivity index (χ2v) is 20.5. The smallest absolute Gasteiger partial charge is 0.303 e. The predicted octanol–water partition coefficient (Wildman–Crippen LogP) is 10.1. The third-order valence-corrected chi connectivity index (χ3v) is 11.1. The van der Waals surface area contributed by atoms with Crippen LogP contribution in [0.2, 0.25) is 0 Å². The van der Waals surface area contributed by atoms with Crippen molar-refractivity contribution in [2.45, 2.75) is 235 Å². The van der Waals surface area contributed by atoms with E-state index in [0.29, 0.717) is 50.1 Å². The fourth-order valence-corrected chi connectivity index (χ4v) is 8.80. The van der Waals surface area contributed by atoms with Crippen LogP contribution in [0.15, 0.2) is 0 Å². The SMILES string of the molecule is CC(=O)O[C@@]1(C)CCO[C@@H](CC(C)C)C1.CC(=O)O[C@@]1(C)CCO[C@H](CC(C)C)C1.CC(=O)O[C@]1(C)CCO[C@@H](CC(C)C)C1.CC(=O)O[C@]1(C)CCO[C@H](CC(C)C)C1. The molecule has 0 amide bonds. The zero-order chi connectivity index (χ0) is 45.9. The van der Waals surface area contributed by atoms with Crippen LogP contribution in [-0.2, 0) is 57.1 Å². The third-order valence-electron chi connectivity index (χ3n) is 11.1. The molecule has 4 aliphatic heterocycles. The summed E-state index contributed by atoms with van der Waals surface area (Å²) in [5.41, 5.74) is -1.26. The lowest BCUT2D eigenvalue weighted by Gasteiger charge is -2.38. The molecule has 0 unspecified atom stereocenters. The molecule has 0 N–H and O–H groups in total. The second kappa shape index (κ2) is 26.4. The van der Waals surface area contributed by atoms with E-state index in [0.717, 1.165) is 77.0 Å². The lowest BCUT2D eigenvalue weighted by Crippen LogP contribution is -2.42. The van der Waals surface area contributed by atoms with Gasteiger partial charge in [-0.15, -0.1) is 0 Å². The molecular formula is C48H88O12. The largest absolute Gasteiger partial charge is 0.459 e. The predicted molar refractivity (Wildman–Crippen MR) is 234 cm³/mol. The fraction of sp³-hybridized carbons (Fsp3) is 0.917. The molecule has 0 spiro atoms. The van der Waals surface area contributed by atoms with Gasteiger partial charge in [0.05, 0.1) is 50.8 Å². The number of hydrogen-bond acceptors (Lipinski definition) is 12. The van der Waals surface area contributed by atoms with Crippen molar-refractivity contribution in [3.8, 4) is 0 Å². The highest BCUT2D eigenvalue weighted by Gasteiger charge is 2.38. The molecule has 4 saturated heterocycles. The number of ether oxygens (including phenoxy) is 8. The molecule has 12 heteroatoms. The van der Waals surface area contributed by atoms with E-state index in [2.05, 4.69) is 55.4 Å². The molecular weight excluding hydrogens is 769 g/mol. The van der Waals surface area contributed by atoms with E-state index in [1.165, 1.54) is 27.7 Å². The molecule has 4 fully saturated rings. The zero-order valence-electron chi connectivity index (χ0n) is 40.8. The van der Waals surface area contributed by atoms with Gasteiger partial charge in [0.1, 0.15) is 22.4 Å². The first-order chi connectivity index (χ1) is 27.6. The van der Waals surface area contributed by atoms with E-state index in [4.69, 9.17) is 37.9 Å². The van der Waals surface area contributed by atoms with E-state index >= 15 is 0 Å². The Morgan fingerprint density at radius 3 is 0.700 bits per heavy atom. The van der Waals surface area contributed by atoms with Gasteiger partial charge in [0, 0.05) is 79.1 Å². The van der Waals surface area contributed by atoms with Crippen LogP contribution < -0.4 is 0 Å². The molecule has 60 heavy (non-hydrogen) atoms. The fourth-order valence-electron chi connectivity index (χ4n) is 8.80. The van der Waals surface area contributed by atoms with E-state index in [9.17, 15) is 19.2 Å². The molecule has 0 aromatic carbocycles. The molecule has 0 saturated carbocycles. The summed E-state index contributed by atoms with van der Waals surface area (Å²) in [7, 11) is 0. The van der Waals surface area contributed by atoms with E-state index < -0.39 is 0 Å². The summed E-state index contributed by atoms with van der Waals surface area (Å²) in [5, 5.41) is 0. The molecule has 0 aromatic rings.